The molecule has 2 aliphatic heterocycles. The van der Waals surface area contributed by atoms with Crippen molar-refractivity contribution in [3.63, 3.8) is 0 Å². The van der Waals surface area contributed by atoms with Crippen molar-refractivity contribution >= 4 is 17.4 Å². The van der Waals surface area contributed by atoms with E-state index in [4.69, 9.17) is 11.6 Å². The predicted molar refractivity (Wildman–Crippen MR) is 168 cm³/mol. The Labute approximate surface area is 254 Å². The van der Waals surface area contributed by atoms with Crippen molar-refractivity contribution in [2.75, 3.05) is 39.3 Å². The molecule has 0 radical (unpaired) electrons. The molecule has 2 heterocycles. The van der Waals surface area contributed by atoms with E-state index < -0.39 is 5.60 Å². The first-order chi connectivity index (χ1) is 20.3. The Morgan fingerprint density at radius 2 is 1.69 bits per heavy atom. The second-order valence-corrected chi connectivity index (χ2v) is 12.1. The summed E-state index contributed by atoms with van der Waals surface area (Å²) in [5.41, 5.74) is 1.96. The first-order valence-corrected chi connectivity index (χ1v) is 15.6. The number of hydrogen-bond donors (Lipinski definition) is 2. The van der Waals surface area contributed by atoms with Crippen molar-refractivity contribution in [3.05, 3.63) is 100 Å². The molecule has 2 fully saturated rings. The molecular weight excluding hydrogens is 551 g/mol. The van der Waals surface area contributed by atoms with Crippen molar-refractivity contribution in [3.8, 4) is 5.75 Å². The molecule has 42 heavy (non-hydrogen) atoms. The number of likely N-dealkylation sites (tertiary alicyclic amines) is 2. The van der Waals surface area contributed by atoms with Gasteiger partial charge in [-0.1, -0.05) is 42.8 Å². The van der Waals surface area contributed by atoms with E-state index in [1.54, 1.807) is 6.07 Å². The van der Waals surface area contributed by atoms with Gasteiger partial charge in [0.15, 0.2) is 5.78 Å². The molecule has 0 aliphatic carbocycles. The molecule has 226 valence electrons. The predicted octanol–water partition coefficient (Wildman–Crippen LogP) is 7.41. The molecule has 0 saturated carbocycles. The third-order valence-corrected chi connectivity index (χ3v) is 8.75. The molecular formula is C35H44ClFN2O3. The van der Waals surface area contributed by atoms with Crippen LogP contribution in [0.4, 0.5) is 4.39 Å². The van der Waals surface area contributed by atoms with Crippen LogP contribution in [0.25, 0.3) is 0 Å². The van der Waals surface area contributed by atoms with E-state index in [-0.39, 0.29) is 11.6 Å². The summed E-state index contributed by atoms with van der Waals surface area (Å²) in [4.78, 5) is 16.9. The monoisotopic (exact) mass is 594 g/mol. The minimum atomic E-state index is -0.801. The maximum Gasteiger partial charge on any atom is 0.162 e. The fraction of sp³-hybridized carbons (Fsp3) is 0.457. The Hall–Kier alpha value is -2.77. The van der Waals surface area contributed by atoms with Crippen LogP contribution in [0.3, 0.4) is 0 Å². The largest absolute Gasteiger partial charge is 0.508 e. The van der Waals surface area contributed by atoms with E-state index in [9.17, 15) is 19.4 Å². The molecule has 0 spiro atoms. The van der Waals surface area contributed by atoms with Crippen LogP contribution < -0.4 is 0 Å². The molecule has 7 heteroatoms. The summed E-state index contributed by atoms with van der Waals surface area (Å²) in [5.74, 6) is 0.709. The van der Waals surface area contributed by atoms with E-state index in [1.807, 2.05) is 36.4 Å². The molecule has 0 aromatic heterocycles. The van der Waals surface area contributed by atoms with Gasteiger partial charge in [0, 0.05) is 36.6 Å². The minimum absolute atomic E-state index is 0.0414. The van der Waals surface area contributed by atoms with Gasteiger partial charge in [-0.2, -0.15) is 0 Å². The highest BCUT2D eigenvalue weighted by molar-refractivity contribution is 6.30. The van der Waals surface area contributed by atoms with Crippen molar-refractivity contribution in [2.45, 2.75) is 63.4 Å². The van der Waals surface area contributed by atoms with Crippen molar-refractivity contribution in [1.82, 2.24) is 9.80 Å². The van der Waals surface area contributed by atoms with Gasteiger partial charge in [0.25, 0.3) is 0 Å². The van der Waals surface area contributed by atoms with Crippen LogP contribution in [0.1, 0.15) is 79.3 Å². The second-order valence-electron chi connectivity index (χ2n) is 11.6. The Balaban J connectivity index is 0.000000216. The Morgan fingerprint density at radius 3 is 2.36 bits per heavy atom. The highest BCUT2D eigenvalue weighted by atomic mass is 35.5. The molecule has 3 aromatic carbocycles. The summed E-state index contributed by atoms with van der Waals surface area (Å²) in [6.45, 7) is 8.24. The number of aliphatic hydroxyl groups is 1. The van der Waals surface area contributed by atoms with Crippen LogP contribution >= 0.6 is 11.6 Å². The second kappa shape index (κ2) is 15.6. The lowest BCUT2D eigenvalue weighted by molar-refractivity contribution is -0.0260. The lowest BCUT2D eigenvalue weighted by Crippen LogP contribution is -2.42. The Kier molecular flexibility index (Phi) is 12.0. The quantitative estimate of drug-likeness (QED) is 0.253. The SMILES string of the molecule is CCCN1CCC[C@@H](c2cccc(O)c2)C1.O=C(CCCN1CCC(O)(c2ccc(Cl)cc2)CC1)c1ccc(F)cc1. The number of nitrogens with zero attached hydrogens (tertiary/aromatic N) is 2. The van der Waals surface area contributed by atoms with Gasteiger partial charge in [-0.3, -0.25) is 4.79 Å². The molecule has 2 aliphatic rings. The number of hydrogen-bond acceptors (Lipinski definition) is 5. The number of halogens is 2. The fourth-order valence-electron chi connectivity index (χ4n) is 6.06. The normalized spacial score (nSPS) is 19.1. The lowest BCUT2D eigenvalue weighted by Gasteiger charge is -2.38. The number of aromatic hydroxyl groups is 1. The number of benzene rings is 3. The number of Topliss-reactive ketones (excluding diaryl/α,β-unsaturated/α-hetero) is 1. The van der Waals surface area contributed by atoms with Crippen LogP contribution in [-0.2, 0) is 5.60 Å². The smallest absolute Gasteiger partial charge is 0.162 e. The van der Waals surface area contributed by atoms with Gasteiger partial charge in [-0.05, 0) is 124 Å². The van der Waals surface area contributed by atoms with E-state index in [1.165, 1.54) is 62.2 Å². The van der Waals surface area contributed by atoms with Crippen molar-refractivity contribution < 1.29 is 19.4 Å². The topological polar surface area (TPSA) is 64.0 Å². The fourth-order valence-corrected chi connectivity index (χ4v) is 6.19. The zero-order chi connectivity index (χ0) is 30.0. The van der Waals surface area contributed by atoms with Crippen LogP contribution in [-0.4, -0.2) is 65.1 Å². The van der Waals surface area contributed by atoms with Gasteiger partial charge in [0.2, 0.25) is 0 Å². The summed E-state index contributed by atoms with van der Waals surface area (Å²) in [7, 11) is 0. The van der Waals surface area contributed by atoms with Gasteiger partial charge in [0.1, 0.15) is 11.6 Å². The summed E-state index contributed by atoms with van der Waals surface area (Å²) in [6.07, 6.45) is 6.30. The summed E-state index contributed by atoms with van der Waals surface area (Å²) < 4.78 is 12.9. The van der Waals surface area contributed by atoms with Crippen LogP contribution in [0, 0.1) is 5.82 Å². The molecule has 0 bridgehead atoms. The van der Waals surface area contributed by atoms with Gasteiger partial charge in [-0.15, -0.1) is 0 Å². The number of carbonyl (C=O) groups excluding carboxylic acids is 1. The Morgan fingerprint density at radius 1 is 0.976 bits per heavy atom. The number of rotatable bonds is 9. The number of phenolic OH excluding ortho intramolecular Hbond substituents is 1. The average molecular weight is 595 g/mol. The van der Waals surface area contributed by atoms with Crippen LogP contribution in [0.15, 0.2) is 72.8 Å². The van der Waals surface area contributed by atoms with Crippen molar-refractivity contribution in [1.29, 1.82) is 0 Å². The Bertz CT molecular complexity index is 1260. The standard InChI is InChI=1S/C21H23ClFNO2.C14H21NO/c22-18-7-5-17(6-8-18)21(26)11-14-24(15-12-21)13-1-2-20(25)16-3-9-19(23)10-4-16;1-2-8-15-9-4-6-13(11-15)12-5-3-7-14(16)10-12/h3-10,26H,1-2,11-15H2;3,5,7,10,13,16H,2,4,6,8-9,11H2,1H3/t;13-/m.1/s1. The molecule has 3 aromatic rings. The van der Waals surface area contributed by atoms with Gasteiger partial charge in [0.05, 0.1) is 5.60 Å². The van der Waals surface area contributed by atoms with Gasteiger partial charge >= 0.3 is 0 Å². The highest BCUT2D eigenvalue weighted by Gasteiger charge is 2.33. The zero-order valence-corrected chi connectivity index (χ0v) is 25.4. The summed E-state index contributed by atoms with van der Waals surface area (Å²) in [5, 5.41) is 21.0. The minimum Gasteiger partial charge on any atom is -0.508 e. The van der Waals surface area contributed by atoms with E-state index in [0.29, 0.717) is 41.5 Å². The molecule has 0 unspecified atom stereocenters. The molecule has 0 amide bonds. The third-order valence-electron chi connectivity index (χ3n) is 8.50. The number of piperidine rings is 2. The third kappa shape index (κ3) is 9.37. The van der Waals surface area contributed by atoms with Crippen LogP contribution in [0.2, 0.25) is 5.02 Å². The number of phenols is 1. The molecule has 5 rings (SSSR count). The maximum atomic E-state index is 12.9. The zero-order valence-electron chi connectivity index (χ0n) is 24.7. The summed E-state index contributed by atoms with van der Waals surface area (Å²) >= 11 is 5.92. The first-order valence-electron chi connectivity index (χ1n) is 15.3. The molecule has 5 nitrogen and oxygen atoms in total. The first kappa shape index (κ1) is 32.2. The average Bonchev–Trinajstić information content (AvgIpc) is 2.99. The van der Waals surface area contributed by atoms with Crippen molar-refractivity contribution in [2.24, 2.45) is 0 Å². The molecule has 2 N–H and O–H groups in total. The highest BCUT2D eigenvalue weighted by Crippen LogP contribution is 2.33. The van der Waals surface area contributed by atoms with E-state index in [2.05, 4.69) is 22.8 Å². The van der Waals surface area contributed by atoms with Crippen LogP contribution in [0.5, 0.6) is 5.75 Å². The number of ketones is 1. The van der Waals surface area contributed by atoms with Gasteiger partial charge in [-0.25, -0.2) is 4.39 Å². The van der Waals surface area contributed by atoms with E-state index >= 15 is 0 Å². The molecule has 2 saturated heterocycles. The maximum absolute atomic E-state index is 12.9. The van der Waals surface area contributed by atoms with Gasteiger partial charge < -0.3 is 20.0 Å². The number of carbonyl (C=O) groups is 1. The van der Waals surface area contributed by atoms with E-state index in [0.717, 1.165) is 38.2 Å². The lowest BCUT2D eigenvalue weighted by atomic mass is 9.84. The molecule has 1 atom stereocenters. The summed E-state index contributed by atoms with van der Waals surface area (Å²) in [6, 6.07) is 20.8.